The summed E-state index contributed by atoms with van der Waals surface area (Å²) in [5.41, 5.74) is 0.474. The molecule has 4 rings (SSSR count). The maximum atomic E-state index is 11.8. The number of carbonyl (C=O) groups excluding carboxylic acids is 1. The lowest BCUT2D eigenvalue weighted by atomic mass is 9.49. The molecule has 0 heterocycles. The van der Waals surface area contributed by atoms with Crippen LogP contribution in [0, 0.1) is 41.4 Å². The quantitative estimate of drug-likeness (QED) is 0.746. The minimum atomic E-state index is -0.893. The lowest BCUT2D eigenvalue weighted by molar-refractivity contribution is -0.117. The highest BCUT2D eigenvalue weighted by atomic mass is 16.3. The molecule has 0 aromatic rings. The number of ketones is 1. The zero-order chi connectivity index (χ0) is 16.2. The first-order valence-electron chi connectivity index (χ1n) is 9.48. The fraction of sp³-hybridized carbons (Fsp3) is 0.762. The van der Waals surface area contributed by atoms with Gasteiger partial charge in [-0.1, -0.05) is 18.4 Å². The molecule has 4 aliphatic rings. The van der Waals surface area contributed by atoms with Crippen molar-refractivity contribution < 1.29 is 9.90 Å². The second kappa shape index (κ2) is 5.21. The van der Waals surface area contributed by atoms with Gasteiger partial charge in [0.25, 0.3) is 0 Å². The van der Waals surface area contributed by atoms with E-state index in [0.29, 0.717) is 29.5 Å². The second-order valence-electron chi connectivity index (χ2n) is 8.40. The Morgan fingerprint density at radius 1 is 1.22 bits per heavy atom. The highest BCUT2D eigenvalue weighted by Gasteiger charge is 2.63. The molecule has 3 fully saturated rings. The number of aliphatic hydroxyl groups is 1. The van der Waals surface area contributed by atoms with Crippen LogP contribution in [-0.2, 0) is 4.79 Å². The Kier molecular flexibility index (Phi) is 3.50. The van der Waals surface area contributed by atoms with Gasteiger partial charge < -0.3 is 5.11 Å². The largest absolute Gasteiger partial charge is 0.377 e. The summed E-state index contributed by atoms with van der Waals surface area (Å²) in [6.07, 6.45) is 16.9. The van der Waals surface area contributed by atoms with Crippen LogP contribution in [0.1, 0.15) is 64.7 Å². The minimum Gasteiger partial charge on any atom is -0.377 e. The van der Waals surface area contributed by atoms with Gasteiger partial charge in [0.2, 0.25) is 0 Å². The van der Waals surface area contributed by atoms with Crippen LogP contribution in [0.15, 0.2) is 11.6 Å². The van der Waals surface area contributed by atoms with Crippen molar-refractivity contribution in [3.63, 3.8) is 0 Å². The number of allylic oxidation sites excluding steroid dienone is 1. The Morgan fingerprint density at radius 3 is 2.78 bits per heavy atom. The summed E-state index contributed by atoms with van der Waals surface area (Å²) in [6, 6.07) is 0. The number of rotatable bonds is 1. The van der Waals surface area contributed by atoms with Crippen molar-refractivity contribution in [1.82, 2.24) is 0 Å². The monoisotopic (exact) mass is 312 g/mol. The van der Waals surface area contributed by atoms with Gasteiger partial charge in [-0.2, -0.15) is 0 Å². The van der Waals surface area contributed by atoms with Crippen molar-refractivity contribution in [2.24, 2.45) is 29.1 Å². The fourth-order valence-corrected chi connectivity index (χ4v) is 6.96. The maximum Gasteiger partial charge on any atom is 0.155 e. The van der Waals surface area contributed by atoms with E-state index < -0.39 is 5.60 Å². The molecule has 2 heteroatoms. The summed E-state index contributed by atoms with van der Waals surface area (Å²) < 4.78 is 0. The predicted molar refractivity (Wildman–Crippen MR) is 90.5 cm³/mol. The van der Waals surface area contributed by atoms with E-state index in [1.807, 2.05) is 6.08 Å². The molecule has 0 spiro atoms. The molecule has 0 unspecified atom stereocenters. The molecule has 0 amide bonds. The molecule has 0 aromatic heterocycles. The number of fused-ring (bicyclic) bond motifs is 5. The Morgan fingerprint density at radius 2 is 2.04 bits per heavy atom. The summed E-state index contributed by atoms with van der Waals surface area (Å²) in [5, 5.41) is 11.1. The van der Waals surface area contributed by atoms with Gasteiger partial charge in [-0.15, -0.1) is 6.42 Å². The van der Waals surface area contributed by atoms with Crippen molar-refractivity contribution in [3.05, 3.63) is 11.6 Å². The van der Waals surface area contributed by atoms with Gasteiger partial charge >= 0.3 is 0 Å². The van der Waals surface area contributed by atoms with Crippen molar-refractivity contribution >= 4 is 5.78 Å². The molecule has 2 nitrogen and oxygen atoms in total. The van der Waals surface area contributed by atoms with Crippen molar-refractivity contribution in [3.8, 4) is 12.3 Å². The summed E-state index contributed by atoms with van der Waals surface area (Å²) in [7, 11) is 0. The molecule has 1 N–H and O–H groups in total. The molecule has 0 aliphatic heterocycles. The summed E-state index contributed by atoms with van der Waals surface area (Å²) in [4.78, 5) is 11.8. The topological polar surface area (TPSA) is 37.3 Å². The van der Waals surface area contributed by atoms with Gasteiger partial charge in [0.05, 0.1) is 0 Å². The van der Waals surface area contributed by atoms with Crippen LogP contribution in [0.5, 0.6) is 0 Å². The van der Waals surface area contributed by atoms with E-state index in [9.17, 15) is 9.90 Å². The average Bonchev–Trinajstić information content (AvgIpc) is 2.88. The van der Waals surface area contributed by atoms with Gasteiger partial charge in [-0.25, -0.2) is 0 Å². The van der Waals surface area contributed by atoms with E-state index in [4.69, 9.17) is 6.42 Å². The Hall–Kier alpha value is -1.07. The molecule has 3 saturated carbocycles. The van der Waals surface area contributed by atoms with E-state index in [-0.39, 0.29) is 5.41 Å². The zero-order valence-corrected chi connectivity index (χ0v) is 14.2. The lowest BCUT2D eigenvalue weighted by Gasteiger charge is -2.55. The molecule has 4 aliphatic carbocycles. The van der Waals surface area contributed by atoms with Crippen LogP contribution in [0.2, 0.25) is 0 Å². The van der Waals surface area contributed by atoms with Gasteiger partial charge in [0, 0.05) is 11.8 Å². The van der Waals surface area contributed by atoms with Crippen LogP contribution in [-0.4, -0.2) is 16.5 Å². The summed E-state index contributed by atoms with van der Waals surface area (Å²) >= 11 is 0. The van der Waals surface area contributed by atoms with Crippen molar-refractivity contribution in [2.75, 3.05) is 0 Å². The Labute approximate surface area is 139 Å². The standard InChI is InChI=1S/C21H28O2/c1-3-20-11-9-17-16-8-6-15(22)13-14(16)5-7-18(17)19(20)10-12-21(20,23)4-2/h2,13,16-19,23H,3,5-12H2,1H3/t16-,17+,18+,19-,20+,21-/m0/s1. The minimum absolute atomic E-state index is 0.0609. The van der Waals surface area contributed by atoms with Crippen LogP contribution < -0.4 is 0 Å². The second-order valence-corrected chi connectivity index (χ2v) is 8.40. The molecule has 124 valence electrons. The highest BCUT2D eigenvalue weighted by Crippen LogP contribution is 2.66. The Bertz CT molecular complexity index is 597. The number of hydrogen-bond donors (Lipinski definition) is 1. The van der Waals surface area contributed by atoms with Crippen LogP contribution >= 0.6 is 0 Å². The molecule has 0 saturated heterocycles. The van der Waals surface area contributed by atoms with Crippen LogP contribution in [0.4, 0.5) is 0 Å². The third-order valence-corrected chi connectivity index (χ3v) is 8.02. The number of terminal acetylenes is 1. The van der Waals surface area contributed by atoms with E-state index in [1.165, 1.54) is 18.4 Å². The Balaban J connectivity index is 1.67. The molecule has 0 aromatic carbocycles. The molecular weight excluding hydrogens is 284 g/mol. The van der Waals surface area contributed by atoms with E-state index in [1.54, 1.807) is 0 Å². The number of carbonyl (C=O) groups is 1. The molecule has 0 radical (unpaired) electrons. The first-order chi connectivity index (χ1) is 11.0. The zero-order valence-electron chi connectivity index (χ0n) is 14.2. The van der Waals surface area contributed by atoms with Gasteiger partial charge in [0.15, 0.2) is 5.78 Å². The summed E-state index contributed by atoms with van der Waals surface area (Å²) in [5.74, 6) is 5.73. The molecule has 0 bridgehead atoms. The first-order valence-corrected chi connectivity index (χ1v) is 9.48. The van der Waals surface area contributed by atoms with Gasteiger partial charge in [0.1, 0.15) is 5.60 Å². The average molecular weight is 312 g/mol. The van der Waals surface area contributed by atoms with E-state index >= 15 is 0 Å². The summed E-state index contributed by atoms with van der Waals surface area (Å²) in [6.45, 7) is 2.22. The van der Waals surface area contributed by atoms with Crippen molar-refractivity contribution in [2.45, 2.75) is 70.3 Å². The third-order valence-electron chi connectivity index (χ3n) is 8.02. The SMILES string of the molecule is C#C[C@]1(O)CC[C@H]2[C@@H]3CCC4=CC(=O)CC[C@@H]4[C@H]3CC[C@]21CC. The smallest absolute Gasteiger partial charge is 0.155 e. The van der Waals surface area contributed by atoms with E-state index in [0.717, 1.165) is 44.9 Å². The predicted octanol–water partition coefficient (Wildman–Crippen LogP) is 3.88. The van der Waals surface area contributed by atoms with Gasteiger partial charge in [-0.05, 0) is 81.1 Å². The normalized spacial score (nSPS) is 48.7. The van der Waals surface area contributed by atoms with E-state index in [2.05, 4.69) is 12.8 Å². The van der Waals surface area contributed by atoms with Crippen LogP contribution in [0.25, 0.3) is 0 Å². The molecule has 23 heavy (non-hydrogen) atoms. The molecular formula is C21H28O2. The highest BCUT2D eigenvalue weighted by molar-refractivity contribution is 5.91. The number of hydrogen-bond acceptors (Lipinski definition) is 2. The van der Waals surface area contributed by atoms with Gasteiger partial charge in [-0.3, -0.25) is 4.79 Å². The first kappa shape index (κ1) is 15.5. The maximum absolute atomic E-state index is 11.8. The third kappa shape index (κ3) is 1.96. The lowest BCUT2D eigenvalue weighted by Crippen LogP contribution is -2.53. The fourth-order valence-electron chi connectivity index (χ4n) is 6.96. The molecule has 6 atom stereocenters. The van der Waals surface area contributed by atoms with Crippen LogP contribution in [0.3, 0.4) is 0 Å². The van der Waals surface area contributed by atoms with Crippen molar-refractivity contribution in [1.29, 1.82) is 0 Å².